The van der Waals surface area contributed by atoms with Gasteiger partial charge in [-0.3, -0.25) is 5.41 Å². The quantitative estimate of drug-likeness (QED) is 0.446. The summed E-state index contributed by atoms with van der Waals surface area (Å²) in [5.41, 5.74) is 5.77. The SMILES string of the molecule is COc1cc(C(=N)N)ccc1O. The zero-order chi connectivity index (χ0) is 9.14. The van der Waals surface area contributed by atoms with Gasteiger partial charge in [0.05, 0.1) is 7.11 Å². The van der Waals surface area contributed by atoms with Crippen LogP contribution >= 0.6 is 0 Å². The van der Waals surface area contributed by atoms with E-state index in [0.29, 0.717) is 11.3 Å². The van der Waals surface area contributed by atoms with Gasteiger partial charge in [0.1, 0.15) is 5.84 Å². The van der Waals surface area contributed by atoms with E-state index in [1.54, 1.807) is 6.07 Å². The summed E-state index contributed by atoms with van der Waals surface area (Å²) in [7, 11) is 1.44. The van der Waals surface area contributed by atoms with Crippen LogP contribution in [0.5, 0.6) is 11.5 Å². The summed E-state index contributed by atoms with van der Waals surface area (Å²) in [6, 6.07) is 4.51. The summed E-state index contributed by atoms with van der Waals surface area (Å²) < 4.78 is 4.83. The molecule has 0 unspecified atom stereocenters. The van der Waals surface area contributed by atoms with Crippen molar-refractivity contribution in [2.24, 2.45) is 5.73 Å². The van der Waals surface area contributed by atoms with E-state index < -0.39 is 0 Å². The van der Waals surface area contributed by atoms with Gasteiger partial charge in [0.25, 0.3) is 0 Å². The Balaban J connectivity index is 3.13. The predicted octanol–water partition coefficient (Wildman–Crippen LogP) is 0.685. The number of ether oxygens (including phenoxy) is 1. The fraction of sp³-hybridized carbons (Fsp3) is 0.125. The minimum absolute atomic E-state index is 0.0440. The maximum atomic E-state index is 9.18. The highest BCUT2D eigenvalue weighted by Crippen LogP contribution is 2.25. The monoisotopic (exact) mass is 166 g/mol. The molecule has 0 spiro atoms. The summed E-state index contributed by atoms with van der Waals surface area (Å²) >= 11 is 0. The van der Waals surface area contributed by atoms with Crippen LogP contribution < -0.4 is 10.5 Å². The number of nitrogens with one attached hydrogen (secondary N) is 1. The molecule has 0 aliphatic carbocycles. The minimum atomic E-state index is -0.0479. The molecule has 0 saturated heterocycles. The Morgan fingerprint density at radius 2 is 2.25 bits per heavy atom. The standard InChI is InChI=1S/C8H10N2O2/c1-12-7-4-5(8(9)10)2-3-6(7)11/h2-4,11H,1H3,(H3,9,10). The molecule has 0 aromatic heterocycles. The van der Waals surface area contributed by atoms with Crippen molar-refractivity contribution in [3.05, 3.63) is 23.8 Å². The average Bonchev–Trinajstić information content (AvgIpc) is 2.05. The van der Waals surface area contributed by atoms with Gasteiger partial charge in [-0.2, -0.15) is 0 Å². The molecule has 0 bridgehead atoms. The predicted molar refractivity (Wildman–Crippen MR) is 45.7 cm³/mol. The van der Waals surface area contributed by atoms with Crippen LogP contribution in [0.3, 0.4) is 0 Å². The molecular weight excluding hydrogens is 156 g/mol. The molecule has 0 amide bonds. The van der Waals surface area contributed by atoms with Gasteiger partial charge in [-0.1, -0.05) is 0 Å². The number of phenols is 1. The number of amidine groups is 1. The van der Waals surface area contributed by atoms with Crippen LogP contribution in [0.1, 0.15) is 5.56 Å². The van der Waals surface area contributed by atoms with Crippen molar-refractivity contribution in [3.63, 3.8) is 0 Å². The third kappa shape index (κ3) is 1.47. The van der Waals surface area contributed by atoms with Gasteiger partial charge in [0, 0.05) is 5.56 Å². The van der Waals surface area contributed by atoms with Crippen molar-refractivity contribution in [3.8, 4) is 11.5 Å². The van der Waals surface area contributed by atoms with Gasteiger partial charge in [-0.25, -0.2) is 0 Å². The van der Waals surface area contributed by atoms with Gasteiger partial charge >= 0.3 is 0 Å². The van der Waals surface area contributed by atoms with Crippen molar-refractivity contribution < 1.29 is 9.84 Å². The lowest BCUT2D eigenvalue weighted by Crippen LogP contribution is -2.10. The number of phenolic OH excluding ortho intramolecular Hbond substituents is 1. The van der Waals surface area contributed by atoms with Crippen molar-refractivity contribution in [2.45, 2.75) is 0 Å². The van der Waals surface area contributed by atoms with Crippen LogP contribution in [-0.2, 0) is 0 Å². The lowest BCUT2D eigenvalue weighted by Gasteiger charge is -2.04. The minimum Gasteiger partial charge on any atom is -0.504 e. The van der Waals surface area contributed by atoms with Gasteiger partial charge in [-0.15, -0.1) is 0 Å². The second-order valence-corrected chi connectivity index (χ2v) is 2.30. The molecule has 0 atom stereocenters. The molecule has 0 aliphatic heterocycles. The number of benzene rings is 1. The third-order valence-corrected chi connectivity index (χ3v) is 1.49. The van der Waals surface area contributed by atoms with Crippen LogP contribution in [-0.4, -0.2) is 18.1 Å². The van der Waals surface area contributed by atoms with Crippen molar-refractivity contribution in [1.29, 1.82) is 5.41 Å². The fourth-order valence-electron chi connectivity index (χ4n) is 0.845. The molecule has 0 fully saturated rings. The number of aromatic hydroxyl groups is 1. The average molecular weight is 166 g/mol. The highest BCUT2D eigenvalue weighted by molar-refractivity contribution is 5.95. The first-order valence-electron chi connectivity index (χ1n) is 3.36. The van der Waals surface area contributed by atoms with E-state index >= 15 is 0 Å². The number of nitrogens with two attached hydrogens (primary N) is 1. The highest BCUT2D eigenvalue weighted by Gasteiger charge is 2.03. The summed E-state index contributed by atoms with van der Waals surface area (Å²) in [6.45, 7) is 0. The molecule has 12 heavy (non-hydrogen) atoms. The number of hydrogen-bond donors (Lipinski definition) is 3. The second kappa shape index (κ2) is 3.13. The van der Waals surface area contributed by atoms with E-state index in [1.807, 2.05) is 0 Å². The maximum absolute atomic E-state index is 9.18. The van der Waals surface area contributed by atoms with Crippen molar-refractivity contribution in [2.75, 3.05) is 7.11 Å². The van der Waals surface area contributed by atoms with Gasteiger partial charge in [0.15, 0.2) is 11.5 Å². The summed E-state index contributed by atoms with van der Waals surface area (Å²) in [6.07, 6.45) is 0. The third-order valence-electron chi connectivity index (χ3n) is 1.49. The first kappa shape index (κ1) is 8.39. The number of methoxy groups -OCH3 is 1. The topological polar surface area (TPSA) is 79.3 Å². The van der Waals surface area contributed by atoms with Crippen molar-refractivity contribution >= 4 is 5.84 Å². The molecule has 0 radical (unpaired) electrons. The summed E-state index contributed by atoms with van der Waals surface area (Å²) in [5.74, 6) is 0.318. The molecule has 1 rings (SSSR count). The van der Waals surface area contributed by atoms with Gasteiger partial charge < -0.3 is 15.6 Å². The Bertz CT molecular complexity index is 310. The van der Waals surface area contributed by atoms with Crippen LogP contribution in [0.15, 0.2) is 18.2 Å². The van der Waals surface area contributed by atoms with E-state index in [0.717, 1.165) is 0 Å². The second-order valence-electron chi connectivity index (χ2n) is 2.30. The van der Waals surface area contributed by atoms with Crippen LogP contribution in [0.2, 0.25) is 0 Å². The number of hydrogen-bond acceptors (Lipinski definition) is 3. The largest absolute Gasteiger partial charge is 0.504 e. The van der Waals surface area contributed by atoms with Gasteiger partial charge in [0.2, 0.25) is 0 Å². The lowest BCUT2D eigenvalue weighted by atomic mass is 10.2. The molecule has 4 heteroatoms. The molecule has 0 saturated carbocycles. The Hall–Kier alpha value is -1.71. The fourth-order valence-corrected chi connectivity index (χ4v) is 0.845. The lowest BCUT2D eigenvalue weighted by molar-refractivity contribution is 0.373. The molecular formula is C8H10N2O2. The molecule has 4 N–H and O–H groups in total. The van der Waals surface area contributed by atoms with E-state index in [2.05, 4.69) is 0 Å². The molecule has 0 heterocycles. The van der Waals surface area contributed by atoms with E-state index in [9.17, 15) is 5.11 Å². The summed E-state index contributed by atoms with van der Waals surface area (Å²) in [4.78, 5) is 0. The maximum Gasteiger partial charge on any atom is 0.161 e. The molecule has 1 aromatic rings. The normalized spacial score (nSPS) is 9.42. The Kier molecular flexibility index (Phi) is 2.19. The van der Waals surface area contributed by atoms with Crippen molar-refractivity contribution in [1.82, 2.24) is 0 Å². The first-order chi connectivity index (χ1) is 5.65. The van der Waals surface area contributed by atoms with E-state index in [-0.39, 0.29) is 11.6 Å². The molecule has 64 valence electrons. The van der Waals surface area contributed by atoms with Crippen LogP contribution in [0.4, 0.5) is 0 Å². The molecule has 1 aromatic carbocycles. The van der Waals surface area contributed by atoms with Crippen LogP contribution in [0, 0.1) is 5.41 Å². The Morgan fingerprint density at radius 1 is 1.58 bits per heavy atom. The molecule has 4 nitrogen and oxygen atoms in total. The Labute approximate surface area is 70.1 Å². The first-order valence-corrected chi connectivity index (χ1v) is 3.36. The summed E-state index contributed by atoms with van der Waals surface area (Å²) in [5, 5.41) is 16.3. The highest BCUT2D eigenvalue weighted by atomic mass is 16.5. The van der Waals surface area contributed by atoms with E-state index in [4.69, 9.17) is 15.9 Å². The zero-order valence-electron chi connectivity index (χ0n) is 6.66. The number of rotatable bonds is 2. The number of nitrogen functional groups attached to an aromatic ring is 1. The van der Waals surface area contributed by atoms with Crippen LogP contribution in [0.25, 0.3) is 0 Å². The smallest absolute Gasteiger partial charge is 0.161 e. The zero-order valence-corrected chi connectivity index (χ0v) is 6.66. The van der Waals surface area contributed by atoms with Gasteiger partial charge in [-0.05, 0) is 18.2 Å². The van der Waals surface area contributed by atoms with E-state index in [1.165, 1.54) is 19.2 Å². The Morgan fingerprint density at radius 3 is 2.75 bits per heavy atom. The molecule has 0 aliphatic rings.